The van der Waals surface area contributed by atoms with Crippen molar-refractivity contribution >= 4 is 5.69 Å². The molecule has 0 spiro atoms. The second kappa shape index (κ2) is 7.52. The molecule has 0 heterocycles. The molecule has 5 nitrogen and oxygen atoms in total. The van der Waals surface area contributed by atoms with Crippen molar-refractivity contribution in [3.63, 3.8) is 0 Å². The van der Waals surface area contributed by atoms with Crippen LogP contribution in [0.25, 0.3) is 0 Å². The van der Waals surface area contributed by atoms with Crippen LogP contribution in [0.3, 0.4) is 0 Å². The quantitative estimate of drug-likeness (QED) is 0.627. The van der Waals surface area contributed by atoms with E-state index in [2.05, 4.69) is 11.4 Å². The number of benzene rings is 2. The molecule has 2 rings (SSSR count). The van der Waals surface area contributed by atoms with Gasteiger partial charge in [-0.3, -0.25) is 10.1 Å². The number of hydrogen-bond acceptors (Lipinski definition) is 4. The molecule has 2 aromatic rings. The summed E-state index contributed by atoms with van der Waals surface area (Å²) in [7, 11) is 1.68. The van der Waals surface area contributed by atoms with Crippen molar-refractivity contribution in [2.45, 2.75) is 19.7 Å². The highest BCUT2D eigenvalue weighted by Crippen LogP contribution is 2.13. The summed E-state index contributed by atoms with van der Waals surface area (Å²) in [5.41, 5.74) is 3.49. The molecule has 0 aliphatic rings. The lowest BCUT2D eigenvalue weighted by Crippen LogP contribution is -2.14. The molecule has 5 heteroatoms. The van der Waals surface area contributed by atoms with E-state index in [1.54, 1.807) is 19.2 Å². The number of non-ortho nitro benzene ring substituents is 1. The third kappa shape index (κ3) is 4.37. The van der Waals surface area contributed by atoms with E-state index in [4.69, 9.17) is 4.74 Å². The average Bonchev–Trinajstić information content (AvgIpc) is 2.50. The van der Waals surface area contributed by atoms with Crippen molar-refractivity contribution in [1.82, 2.24) is 5.32 Å². The van der Waals surface area contributed by atoms with E-state index in [1.807, 2.05) is 18.2 Å². The number of hydrogen-bond donors (Lipinski definition) is 1. The Bertz CT molecular complexity index is 597. The molecule has 2 aromatic carbocycles. The molecule has 0 unspecified atom stereocenters. The summed E-state index contributed by atoms with van der Waals surface area (Å²) in [4.78, 5) is 10.2. The van der Waals surface area contributed by atoms with Gasteiger partial charge in [-0.2, -0.15) is 0 Å². The Kier molecular flexibility index (Phi) is 5.43. The molecule has 1 N–H and O–H groups in total. The maximum absolute atomic E-state index is 10.6. The summed E-state index contributed by atoms with van der Waals surface area (Å²) in [6, 6.07) is 14.7. The van der Waals surface area contributed by atoms with Crippen molar-refractivity contribution in [2.75, 3.05) is 7.11 Å². The summed E-state index contributed by atoms with van der Waals surface area (Å²) < 4.78 is 5.18. The highest BCUT2D eigenvalue weighted by atomic mass is 16.6. The first-order valence-corrected chi connectivity index (χ1v) is 6.70. The Morgan fingerprint density at radius 3 is 2.33 bits per heavy atom. The summed E-state index contributed by atoms with van der Waals surface area (Å²) in [6.45, 7) is 1.99. The van der Waals surface area contributed by atoms with E-state index in [1.165, 1.54) is 17.7 Å². The summed E-state index contributed by atoms with van der Waals surface area (Å²) >= 11 is 0. The minimum Gasteiger partial charge on any atom is -0.380 e. The Morgan fingerprint density at radius 1 is 1.05 bits per heavy atom. The van der Waals surface area contributed by atoms with E-state index in [9.17, 15) is 10.1 Å². The van der Waals surface area contributed by atoms with Crippen molar-refractivity contribution in [2.24, 2.45) is 0 Å². The standard InChI is InChI=1S/C16H18N2O3/c1-21-12-15-5-3-2-4-14(15)11-17-10-13-6-8-16(9-7-13)18(19)20/h2-9,17H,10-12H2,1H3. The second-order valence-corrected chi connectivity index (χ2v) is 4.73. The highest BCUT2D eigenvalue weighted by Gasteiger charge is 2.04. The topological polar surface area (TPSA) is 64.4 Å². The normalized spacial score (nSPS) is 10.5. The van der Waals surface area contributed by atoms with E-state index < -0.39 is 4.92 Å². The number of nitrogens with zero attached hydrogens (tertiary/aromatic N) is 1. The third-order valence-electron chi connectivity index (χ3n) is 3.21. The highest BCUT2D eigenvalue weighted by molar-refractivity contribution is 5.33. The summed E-state index contributed by atoms with van der Waals surface area (Å²) in [6.07, 6.45) is 0. The van der Waals surface area contributed by atoms with Gasteiger partial charge >= 0.3 is 0 Å². The van der Waals surface area contributed by atoms with Crippen LogP contribution in [0.15, 0.2) is 48.5 Å². The van der Waals surface area contributed by atoms with Gasteiger partial charge in [0.25, 0.3) is 5.69 Å². The van der Waals surface area contributed by atoms with Gasteiger partial charge in [0.1, 0.15) is 0 Å². The number of ether oxygens (including phenoxy) is 1. The zero-order valence-corrected chi connectivity index (χ0v) is 11.9. The molecule has 0 bridgehead atoms. The van der Waals surface area contributed by atoms with Crippen molar-refractivity contribution in [3.05, 3.63) is 75.3 Å². The Hall–Kier alpha value is -2.24. The maximum Gasteiger partial charge on any atom is 0.269 e. The van der Waals surface area contributed by atoms with Crippen LogP contribution >= 0.6 is 0 Å². The molecule has 21 heavy (non-hydrogen) atoms. The molecular weight excluding hydrogens is 268 g/mol. The first kappa shape index (κ1) is 15.2. The van der Waals surface area contributed by atoms with Crippen molar-refractivity contribution < 1.29 is 9.66 Å². The van der Waals surface area contributed by atoms with Crippen molar-refractivity contribution in [3.8, 4) is 0 Å². The Morgan fingerprint density at radius 2 is 1.71 bits per heavy atom. The lowest BCUT2D eigenvalue weighted by molar-refractivity contribution is -0.384. The molecule has 0 aromatic heterocycles. The molecule has 0 aliphatic carbocycles. The van der Waals surface area contributed by atoms with Gasteiger partial charge in [0.05, 0.1) is 11.5 Å². The summed E-state index contributed by atoms with van der Waals surface area (Å²) in [5, 5.41) is 13.9. The number of nitro benzene ring substituents is 1. The van der Waals surface area contributed by atoms with Crippen LogP contribution in [0, 0.1) is 10.1 Å². The van der Waals surface area contributed by atoms with Gasteiger partial charge in [-0.25, -0.2) is 0 Å². The molecule has 0 fully saturated rings. The predicted molar refractivity (Wildman–Crippen MR) is 80.8 cm³/mol. The lowest BCUT2D eigenvalue weighted by atomic mass is 10.1. The van der Waals surface area contributed by atoms with Gasteiger partial charge in [-0.1, -0.05) is 36.4 Å². The van der Waals surface area contributed by atoms with Gasteiger partial charge in [-0.15, -0.1) is 0 Å². The average molecular weight is 286 g/mol. The fourth-order valence-corrected chi connectivity index (χ4v) is 2.10. The smallest absolute Gasteiger partial charge is 0.269 e. The van der Waals surface area contributed by atoms with E-state index in [0.717, 1.165) is 17.7 Å². The van der Waals surface area contributed by atoms with Gasteiger partial charge in [0.2, 0.25) is 0 Å². The number of methoxy groups -OCH3 is 1. The maximum atomic E-state index is 10.6. The number of nitro groups is 1. The first-order valence-electron chi connectivity index (χ1n) is 6.70. The first-order chi connectivity index (χ1) is 10.2. The van der Waals surface area contributed by atoms with E-state index >= 15 is 0 Å². The van der Waals surface area contributed by atoms with Crippen molar-refractivity contribution in [1.29, 1.82) is 0 Å². The molecule has 110 valence electrons. The van der Waals surface area contributed by atoms with Gasteiger partial charge in [0, 0.05) is 32.3 Å². The van der Waals surface area contributed by atoms with E-state index in [0.29, 0.717) is 13.2 Å². The van der Waals surface area contributed by atoms with Crippen LogP contribution in [-0.2, 0) is 24.4 Å². The van der Waals surface area contributed by atoms with Gasteiger partial charge in [0.15, 0.2) is 0 Å². The zero-order chi connectivity index (χ0) is 15.1. The largest absolute Gasteiger partial charge is 0.380 e. The van der Waals surface area contributed by atoms with Gasteiger partial charge < -0.3 is 10.1 Å². The van der Waals surface area contributed by atoms with Crippen LogP contribution in [0.5, 0.6) is 0 Å². The van der Waals surface area contributed by atoms with Crippen LogP contribution in [0.1, 0.15) is 16.7 Å². The Balaban J connectivity index is 1.91. The molecule has 0 saturated carbocycles. The third-order valence-corrected chi connectivity index (χ3v) is 3.21. The van der Waals surface area contributed by atoms with Crippen LogP contribution in [0.4, 0.5) is 5.69 Å². The SMILES string of the molecule is COCc1ccccc1CNCc1ccc([N+](=O)[O-])cc1. The minimum atomic E-state index is -0.391. The molecular formula is C16H18N2O3. The number of rotatable bonds is 7. The Labute approximate surface area is 123 Å². The van der Waals surface area contributed by atoms with Crippen LogP contribution in [-0.4, -0.2) is 12.0 Å². The molecule has 0 aliphatic heterocycles. The fraction of sp³-hybridized carbons (Fsp3) is 0.250. The molecule has 0 atom stereocenters. The van der Waals surface area contributed by atoms with Crippen LogP contribution in [0.2, 0.25) is 0 Å². The second-order valence-electron chi connectivity index (χ2n) is 4.73. The monoisotopic (exact) mass is 286 g/mol. The van der Waals surface area contributed by atoms with Gasteiger partial charge in [-0.05, 0) is 16.7 Å². The lowest BCUT2D eigenvalue weighted by Gasteiger charge is -2.10. The van der Waals surface area contributed by atoms with Crippen LogP contribution < -0.4 is 5.32 Å². The number of nitrogens with one attached hydrogen (secondary N) is 1. The molecule has 0 saturated heterocycles. The zero-order valence-electron chi connectivity index (χ0n) is 11.9. The minimum absolute atomic E-state index is 0.115. The van der Waals surface area contributed by atoms with E-state index in [-0.39, 0.29) is 5.69 Å². The predicted octanol–water partition coefficient (Wildman–Crippen LogP) is 3.03. The fourth-order valence-electron chi connectivity index (χ4n) is 2.10. The molecule has 0 radical (unpaired) electrons. The summed E-state index contributed by atoms with van der Waals surface area (Å²) in [5.74, 6) is 0. The molecule has 0 amide bonds.